The smallest absolute Gasteiger partial charge is 0.318 e. The minimum atomic E-state index is -0.286. The first kappa shape index (κ1) is 13.7. The maximum atomic E-state index is 11.0. The molecule has 4 nitrogen and oxygen atoms in total. The van der Waals surface area contributed by atoms with Gasteiger partial charge in [-0.3, -0.25) is 9.59 Å². The molecule has 0 aliphatic rings. The van der Waals surface area contributed by atoms with Crippen molar-refractivity contribution in [1.82, 2.24) is 0 Å². The van der Waals surface area contributed by atoms with Crippen LogP contribution in [0.5, 0.6) is 0 Å². The first-order chi connectivity index (χ1) is 6.45. The average molecular weight is 314 g/mol. The molecular weight excluding hydrogens is 299 g/mol. The molecule has 1 atom stereocenters. The SMILES string of the molecule is CC(C)C(=O)OCCOC(=O)C(C)I. The fourth-order valence-corrected chi connectivity index (χ4v) is 0.746. The predicted molar refractivity (Wildman–Crippen MR) is 60.2 cm³/mol. The minimum absolute atomic E-state index is 0.130. The molecule has 0 aromatic heterocycles. The summed E-state index contributed by atoms with van der Waals surface area (Å²) < 4.78 is 9.45. The second-order valence-electron chi connectivity index (χ2n) is 3.11. The van der Waals surface area contributed by atoms with Gasteiger partial charge in [0.25, 0.3) is 0 Å². The normalized spacial score (nSPS) is 12.4. The standard InChI is InChI=1S/C9H15IO4/c1-6(2)8(11)13-4-5-14-9(12)7(3)10/h6-7H,4-5H2,1-3H3. The van der Waals surface area contributed by atoms with Gasteiger partial charge in [-0.1, -0.05) is 36.4 Å². The first-order valence-electron chi connectivity index (χ1n) is 4.42. The lowest BCUT2D eigenvalue weighted by molar-refractivity contribution is -0.153. The van der Waals surface area contributed by atoms with E-state index in [2.05, 4.69) is 0 Å². The van der Waals surface area contributed by atoms with Crippen molar-refractivity contribution in [1.29, 1.82) is 0 Å². The van der Waals surface area contributed by atoms with Crippen molar-refractivity contribution in [2.45, 2.75) is 24.7 Å². The summed E-state index contributed by atoms with van der Waals surface area (Å²) in [5.74, 6) is -0.705. The quantitative estimate of drug-likeness (QED) is 0.334. The van der Waals surface area contributed by atoms with E-state index >= 15 is 0 Å². The van der Waals surface area contributed by atoms with E-state index in [1.165, 1.54) is 0 Å². The van der Waals surface area contributed by atoms with Gasteiger partial charge in [0.05, 0.1) is 5.92 Å². The second kappa shape index (κ2) is 7.03. The van der Waals surface area contributed by atoms with Gasteiger partial charge in [0.15, 0.2) is 0 Å². The molecule has 0 spiro atoms. The van der Waals surface area contributed by atoms with Gasteiger partial charge in [-0.05, 0) is 6.92 Å². The van der Waals surface area contributed by atoms with E-state index in [0.29, 0.717) is 0 Å². The second-order valence-corrected chi connectivity index (χ2v) is 4.97. The van der Waals surface area contributed by atoms with E-state index in [1.807, 2.05) is 22.6 Å². The van der Waals surface area contributed by atoms with Crippen molar-refractivity contribution in [3.05, 3.63) is 0 Å². The lowest BCUT2D eigenvalue weighted by Gasteiger charge is -2.08. The van der Waals surface area contributed by atoms with Crippen molar-refractivity contribution in [3.8, 4) is 0 Å². The molecule has 0 aromatic rings. The molecule has 0 N–H and O–H groups in total. The largest absolute Gasteiger partial charge is 0.462 e. The highest BCUT2D eigenvalue weighted by molar-refractivity contribution is 14.1. The Kier molecular flexibility index (Phi) is 6.86. The van der Waals surface area contributed by atoms with Gasteiger partial charge in [-0.15, -0.1) is 0 Å². The monoisotopic (exact) mass is 314 g/mol. The molecule has 0 heterocycles. The Morgan fingerprint density at radius 2 is 1.50 bits per heavy atom. The summed E-state index contributed by atoms with van der Waals surface area (Å²) in [6.07, 6.45) is 0. The third kappa shape index (κ3) is 6.17. The van der Waals surface area contributed by atoms with E-state index in [0.717, 1.165) is 0 Å². The number of alkyl halides is 1. The highest BCUT2D eigenvalue weighted by Crippen LogP contribution is 2.01. The van der Waals surface area contributed by atoms with Gasteiger partial charge in [0.2, 0.25) is 0 Å². The first-order valence-corrected chi connectivity index (χ1v) is 5.67. The zero-order valence-electron chi connectivity index (χ0n) is 8.58. The molecule has 0 fully saturated rings. The van der Waals surface area contributed by atoms with Crippen LogP contribution in [-0.2, 0) is 19.1 Å². The molecule has 0 saturated carbocycles. The maximum Gasteiger partial charge on any atom is 0.318 e. The number of ether oxygens (including phenoxy) is 2. The van der Waals surface area contributed by atoms with E-state index in [9.17, 15) is 9.59 Å². The number of carbonyl (C=O) groups excluding carboxylic acids is 2. The molecule has 5 heteroatoms. The van der Waals surface area contributed by atoms with Crippen LogP contribution < -0.4 is 0 Å². The summed E-state index contributed by atoms with van der Waals surface area (Å²) in [6.45, 7) is 5.50. The molecule has 14 heavy (non-hydrogen) atoms. The van der Waals surface area contributed by atoms with Gasteiger partial charge in [-0.25, -0.2) is 0 Å². The van der Waals surface area contributed by atoms with Crippen molar-refractivity contribution in [3.63, 3.8) is 0 Å². The Bertz CT molecular complexity index is 179. The fourth-order valence-electron chi connectivity index (χ4n) is 0.566. The number of hydrogen-bond acceptors (Lipinski definition) is 4. The van der Waals surface area contributed by atoms with Gasteiger partial charge >= 0.3 is 11.9 Å². The van der Waals surface area contributed by atoms with Crippen LogP contribution >= 0.6 is 22.6 Å². The molecule has 0 rings (SSSR count). The fraction of sp³-hybridized carbons (Fsp3) is 0.778. The number of rotatable bonds is 5. The molecule has 0 amide bonds. The van der Waals surface area contributed by atoms with E-state index < -0.39 is 0 Å². The molecule has 0 aromatic carbocycles. The van der Waals surface area contributed by atoms with Crippen LogP contribution in [0.15, 0.2) is 0 Å². The van der Waals surface area contributed by atoms with Crippen molar-refractivity contribution < 1.29 is 19.1 Å². The summed E-state index contributed by atoms with van der Waals surface area (Å²) in [7, 11) is 0. The van der Waals surface area contributed by atoms with Crippen LogP contribution in [-0.4, -0.2) is 29.1 Å². The summed E-state index contributed by atoms with van der Waals surface area (Å²) in [5.41, 5.74) is 0. The molecule has 0 aliphatic carbocycles. The Morgan fingerprint density at radius 1 is 1.07 bits per heavy atom. The summed E-state index contributed by atoms with van der Waals surface area (Å²) in [6, 6.07) is 0. The van der Waals surface area contributed by atoms with Crippen LogP contribution in [0.2, 0.25) is 0 Å². The number of halogens is 1. The molecule has 0 saturated heterocycles. The van der Waals surface area contributed by atoms with Gasteiger partial charge < -0.3 is 9.47 Å². The van der Waals surface area contributed by atoms with Gasteiger partial charge in [0.1, 0.15) is 17.1 Å². The van der Waals surface area contributed by atoms with Crippen LogP contribution in [0.3, 0.4) is 0 Å². The molecule has 1 unspecified atom stereocenters. The Labute approximate surface area is 97.5 Å². The minimum Gasteiger partial charge on any atom is -0.462 e. The zero-order chi connectivity index (χ0) is 11.1. The number of esters is 2. The molecule has 0 aliphatic heterocycles. The average Bonchev–Trinajstić information content (AvgIpc) is 2.11. The van der Waals surface area contributed by atoms with Gasteiger partial charge in [-0.2, -0.15) is 0 Å². The summed E-state index contributed by atoms with van der Waals surface area (Å²) >= 11 is 1.96. The Morgan fingerprint density at radius 3 is 1.86 bits per heavy atom. The van der Waals surface area contributed by atoms with Crippen LogP contribution in [0.25, 0.3) is 0 Å². The predicted octanol–water partition coefficient (Wildman–Crippen LogP) is 1.55. The molecule has 0 bridgehead atoms. The summed E-state index contributed by atoms with van der Waals surface area (Å²) in [4.78, 5) is 21.9. The topological polar surface area (TPSA) is 52.6 Å². The van der Waals surface area contributed by atoms with Crippen LogP contribution in [0.4, 0.5) is 0 Å². The Hall–Kier alpha value is -0.330. The lowest BCUT2D eigenvalue weighted by Crippen LogP contribution is -2.19. The van der Waals surface area contributed by atoms with E-state index in [1.54, 1.807) is 20.8 Å². The summed E-state index contributed by atoms with van der Waals surface area (Å²) in [5, 5.41) is 0. The lowest BCUT2D eigenvalue weighted by atomic mass is 10.2. The highest BCUT2D eigenvalue weighted by Gasteiger charge is 2.11. The van der Waals surface area contributed by atoms with Crippen molar-refractivity contribution in [2.75, 3.05) is 13.2 Å². The van der Waals surface area contributed by atoms with Gasteiger partial charge in [0, 0.05) is 0 Å². The van der Waals surface area contributed by atoms with Crippen LogP contribution in [0.1, 0.15) is 20.8 Å². The maximum absolute atomic E-state index is 11.0. The van der Waals surface area contributed by atoms with Crippen molar-refractivity contribution >= 4 is 34.5 Å². The Balaban J connectivity index is 3.48. The third-order valence-corrected chi connectivity index (χ3v) is 1.88. The number of hydrogen-bond donors (Lipinski definition) is 0. The van der Waals surface area contributed by atoms with E-state index in [-0.39, 0.29) is 35.0 Å². The molecule has 82 valence electrons. The molecule has 0 radical (unpaired) electrons. The third-order valence-electron chi connectivity index (χ3n) is 1.37. The molecular formula is C9H15IO4. The number of carbonyl (C=O) groups is 2. The van der Waals surface area contributed by atoms with Crippen LogP contribution in [0, 0.1) is 5.92 Å². The van der Waals surface area contributed by atoms with Crippen molar-refractivity contribution in [2.24, 2.45) is 5.92 Å². The van der Waals surface area contributed by atoms with E-state index in [4.69, 9.17) is 9.47 Å². The zero-order valence-corrected chi connectivity index (χ0v) is 10.7. The highest BCUT2D eigenvalue weighted by atomic mass is 127.